The molecule has 88 heavy (non-hydrogen) atoms. The van der Waals surface area contributed by atoms with Crippen molar-refractivity contribution in [2.45, 2.75) is 258 Å². The Kier molecular flexibility index (Phi) is 21.4. The van der Waals surface area contributed by atoms with E-state index < -0.39 is 37.8 Å². The molecule has 2 saturated heterocycles. The molecule has 2 aliphatic heterocycles. The molecule has 498 valence electrons. The standard InChI is InChI=1S/C69H110N2O14S3/c1-41(13-15-47(72)10-9-30-87(79,80)81)51-17-19-54-65-56(24-28-69(51,54)6)67(4)26-22-44(33-46(67)37-59(65)85-63(78)12-8-7-11-60-50-39-62(77)71-57(50)40-86-60)35-49(74)38-48(73)34-43-21-25-66(3)45(32-43)36-58(75)64-53-18-16-52(68(53,5)27-23-55(64)66)42(2)14-20-61(76)70-29-31-88(82,83)84/h41-46,50-60,64-65,75H,7-40H2,1-6H3,(H,70,76)(H,71,77)(H,79,80,81)(H,82,83,84)/t41-,42-,43-,44+,45?,46?,50+,51+,52+,53+,54-,55+,56-,57+,58+,59-,60+,64+,65-,66+,67-,68-,69+/m0/s1. The predicted molar refractivity (Wildman–Crippen MR) is 340 cm³/mol. The number of unbranched alkanes of at least 4 members (excludes halogenated alkanes) is 1. The summed E-state index contributed by atoms with van der Waals surface area (Å²) in [5.74, 6) is 4.84. The van der Waals surface area contributed by atoms with Gasteiger partial charge in [0.1, 0.15) is 23.5 Å². The van der Waals surface area contributed by atoms with Gasteiger partial charge >= 0.3 is 5.97 Å². The van der Waals surface area contributed by atoms with Gasteiger partial charge in [0, 0.05) is 80.4 Å². The summed E-state index contributed by atoms with van der Waals surface area (Å²) in [7, 11) is -8.24. The van der Waals surface area contributed by atoms with Crippen LogP contribution in [0.3, 0.4) is 0 Å². The van der Waals surface area contributed by atoms with Gasteiger partial charge in [-0.25, -0.2) is 0 Å². The molecule has 2 heterocycles. The van der Waals surface area contributed by atoms with Gasteiger partial charge in [-0.1, -0.05) is 48.0 Å². The molecule has 10 rings (SSSR count). The van der Waals surface area contributed by atoms with Gasteiger partial charge < -0.3 is 20.5 Å². The third-order valence-corrected chi connectivity index (χ3v) is 30.5. The zero-order chi connectivity index (χ0) is 63.3. The number of rotatable bonds is 27. The molecule has 0 aromatic heterocycles. The highest BCUT2D eigenvalue weighted by Gasteiger charge is 2.65. The minimum absolute atomic E-state index is 0.0224. The molecule has 8 aliphatic carbocycles. The Hall–Kier alpha value is -2.45. The average molecular weight is 1290 g/mol. The number of hydrogen-bond acceptors (Lipinski definition) is 13. The van der Waals surface area contributed by atoms with Crippen LogP contribution >= 0.6 is 11.8 Å². The minimum atomic E-state index is -4.14. The number of fused-ring (bicyclic) bond motifs is 11. The van der Waals surface area contributed by atoms with E-state index in [0.717, 1.165) is 134 Å². The molecule has 19 heteroatoms. The number of carbonyl (C=O) groups excluding carboxylic acids is 6. The predicted octanol–water partition coefficient (Wildman–Crippen LogP) is 11.6. The number of Topliss-reactive ketones (excluding diaryl/α,β-unsaturated/α-hetero) is 3. The van der Waals surface area contributed by atoms with Gasteiger partial charge in [-0.3, -0.25) is 37.9 Å². The lowest BCUT2D eigenvalue weighted by Gasteiger charge is -2.63. The number of carbonyl (C=O) groups is 6. The highest BCUT2D eigenvalue weighted by Crippen LogP contribution is 2.71. The summed E-state index contributed by atoms with van der Waals surface area (Å²) in [5.41, 5.74) is 0.218. The Bertz CT molecular complexity index is 2800. The van der Waals surface area contributed by atoms with Crippen molar-refractivity contribution in [1.82, 2.24) is 10.6 Å². The summed E-state index contributed by atoms with van der Waals surface area (Å²) in [5, 5.41) is 18.4. The molecule has 10 aliphatic rings. The van der Waals surface area contributed by atoms with Crippen molar-refractivity contribution in [3.8, 4) is 0 Å². The van der Waals surface area contributed by atoms with Crippen molar-refractivity contribution in [2.75, 3.05) is 23.8 Å². The second-order valence-corrected chi connectivity index (χ2v) is 36.6. The van der Waals surface area contributed by atoms with Gasteiger partial charge in [0.05, 0.1) is 24.0 Å². The summed E-state index contributed by atoms with van der Waals surface area (Å²) >= 11 is 1.95. The smallest absolute Gasteiger partial charge is 0.306 e. The first kappa shape index (κ1) is 68.4. The molecule has 0 spiro atoms. The first-order chi connectivity index (χ1) is 41.5. The first-order valence-electron chi connectivity index (χ1n) is 35.0. The fraction of sp³-hybridized carbons (Fsp3) is 0.913. The van der Waals surface area contributed by atoms with E-state index in [1.165, 1.54) is 0 Å². The maximum atomic E-state index is 14.2. The van der Waals surface area contributed by atoms with Gasteiger partial charge in [0.2, 0.25) is 11.8 Å². The Balaban J connectivity index is 0.722. The molecule has 16 nitrogen and oxygen atoms in total. The maximum absolute atomic E-state index is 14.2. The van der Waals surface area contributed by atoms with Crippen LogP contribution in [0.1, 0.15) is 234 Å². The van der Waals surface area contributed by atoms with Crippen LogP contribution in [0.25, 0.3) is 0 Å². The summed E-state index contributed by atoms with van der Waals surface area (Å²) in [6, 6.07) is 0.273. The average Bonchev–Trinajstić information content (AvgIpc) is 1.51. The third-order valence-electron chi connectivity index (χ3n) is 27.4. The Morgan fingerprint density at radius 3 is 1.78 bits per heavy atom. The van der Waals surface area contributed by atoms with E-state index in [4.69, 9.17) is 9.29 Å². The number of esters is 1. The van der Waals surface area contributed by atoms with Crippen LogP contribution < -0.4 is 10.6 Å². The van der Waals surface area contributed by atoms with Crippen molar-refractivity contribution < 1.29 is 64.6 Å². The van der Waals surface area contributed by atoms with Crippen LogP contribution in [0.2, 0.25) is 0 Å². The van der Waals surface area contributed by atoms with E-state index in [1.54, 1.807) is 0 Å². The number of aliphatic hydroxyl groups excluding tert-OH is 1. The normalized spacial score (nSPS) is 41.6. The van der Waals surface area contributed by atoms with Gasteiger partial charge in [-0.2, -0.15) is 28.6 Å². The van der Waals surface area contributed by atoms with Crippen LogP contribution in [0.4, 0.5) is 0 Å². The Labute approximate surface area is 531 Å². The molecule has 0 radical (unpaired) electrons. The van der Waals surface area contributed by atoms with Crippen molar-refractivity contribution in [1.29, 1.82) is 0 Å². The fourth-order valence-electron chi connectivity index (χ4n) is 23.0. The fourth-order valence-corrected chi connectivity index (χ4v) is 25.5. The van der Waals surface area contributed by atoms with Crippen molar-refractivity contribution in [3.63, 3.8) is 0 Å². The van der Waals surface area contributed by atoms with E-state index in [2.05, 4.69) is 52.2 Å². The van der Waals surface area contributed by atoms with Crippen molar-refractivity contribution in [3.05, 3.63) is 0 Å². The van der Waals surface area contributed by atoms with Gasteiger partial charge in [-0.05, 0) is 233 Å². The molecular formula is C69H110N2O14S3. The van der Waals surface area contributed by atoms with Crippen LogP contribution in [0, 0.1) is 110 Å². The van der Waals surface area contributed by atoms with Crippen molar-refractivity contribution >= 4 is 67.1 Å². The highest BCUT2D eigenvalue weighted by atomic mass is 32.2. The largest absolute Gasteiger partial charge is 0.462 e. The van der Waals surface area contributed by atoms with Gasteiger partial charge in [0.15, 0.2) is 0 Å². The number of thioether (sulfide) groups is 1. The van der Waals surface area contributed by atoms with E-state index in [0.29, 0.717) is 109 Å². The number of nitrogens with one attached hydrogen (secondary N) is 2. The molecule has 0 bridgehead atoms. The van der Waals surface area contributed by atoms with Gasteiger partial charge in [-0.15, -0.1) is 0 Å². The number of ether oxygens (including phenoxy) is 1. The minimum Gasteiger partial charge on any atom is -0.462 e. The quantitative estimate of drug-likeness (QED) is 0.0222. The molecule has 23 atom stereocenters. The topological polar surface area (TPSA) is 265 Å². The molecular weight excluding hydrogens is 1180 g/mol. The lowest BCUT2D eigenvalue weighted by atomic mass is 9.43. The van der Waals surface area contributed by atoms with Crippen LogP contribution in [-0.2, 0) is 53.7 Å². The Morgan fingerprint density at radius 2 is 1.18 bits per heavy atom. The zero-order valence-electron chi connectivity index (χ0n) is 54.1. The number of hydrogen-bond donors (Lipinski definition) is 5. The second kappa shape index (κ2) is 27.5. The van der Waals surface area contributed by atoms with E-state index in [1.807, 2.05) is 11.8 Å². The Morgan fingerprint density at radius 1 is 0.636 bits per heavy atom. The van der Waals surface area contributed by atoms with E-state index in [9.17, 15) is 55.3 Å². The molecule has 0 aromatic rings. The van der Waals surface area contributed by atoms with E-state index >= 15 is 0 Å². The maximum Gasteiger partial charge on any atom is 0.306 e. The second-order valence-electron chi connectivity index (χ2n) is 32.2. The SMILES string of the molecule is C[C@@H](CCC(=O)NCCS(=O)(=O)O)[C@H]1CC[C@@H]2[C@H]3[C@H](O)CC4C[C@@H](CC(=O)CC(=O)C[C@@H]5CC[C@@]6(C)C(C5)C[C@H](OC(=O)CCCC[C@H]5SC[C@H]7NC(=O)C[C@H]75)[C@H]5[C@@H]7CC[C@H]([C@@H](C)CCC(=O)CCCS(=O)(=O)O)[C@@]7(C)CC[C@@H]56)CC[C@@]4(C)[C@@H]3CC[C@]21C. The molecule has 2 amide bonds. The molecule has 5 N–H and O–H groups in total. The molecule has 2 unspecified atom stereocenters. The molecule has 0 aromatic carbocycles. The van der Waals surface area contributed by atoms with Crippen LogP contribution in [0.5, 0.6) is 0 Å². The van der Waals surface area contributed by atoms with Gasteiger partial charge in [0.25, 0.3) is 20.2 Å². The number of ketones is 3. The third kappa shape index (κ3) is 14.9. The first-order valence-corrected chi connectivity index (χ1v) is 39.2. The zero-order valence-corrected chi connectivity index (χ0v) is 56.5. The van der Waals surface area contributed by atoms with E-state index in [-0.39, 0.29) is 124 Å². The number of amides is 2. The van der Waals surface area contributed by atoms with Crippen LogP contribution in [0.15, 0.2) is 0 Å². The molecule has 8 saturated carbocycles. The summed E-state index contributed by atoms with van der Waals surface area (Å²) in [6.07, 6.45) is 22.1. The summed E-state index contributed by atoms with van der Waals surface area (Å²) < 4.78 is 69.9. The van der Waals surface area contributed by atoms with Crippen LogP contribution in [-0.4, -0.2) is 113 Å². The lowest BCUT2D eigenvalue weighted by Crippen LogP contribution is -2.59. The summed E-state index contributed by atoms with van der Waals surface area (Å²) in [4.78, 5) is 79.9. The highest BCUT2D eigenvalue weighted by molar-refractivity contribution is 8.00. The van der Waals surface area contributed by atoms with Crippen molar-refractivity contribution in [2.24, 2.45) is 110 Å². The lowest BCUT2D eigenvalue weighted by molar-refractivity contribution is -0.193. The summed E-state index contributed by atoms with van der Waals surface area (Å²) in [6.45, 7) is 14.3. The monoisotopic (exact) mass is 1290 g/mol. The molecule has 10 fully saturated rings. The number of aliphatic hydroxyl groups is 1.